The smallest absolute Gasteiger partial charge is 0.314 e. The summed E-state index contributed by atoms with van der Waals surface area (Å²) in [7, 11) is 0. The zero-order chi connectivity index (χ0) is 17.8. The van der Waals surface area contributed by atoms with E-state index in [0.29, 0.717) is 11.5 Å². The summed E-state index contributed by atoms with van der Waals surface area (Å²) < 4.78 is 42.8. The van der Waals surface area contributed by atoms with Crippen LogP contribution in [0, 0.1) is 5.82 Å². The number of halogens is 3. The highest BCUT2D eigenvalue weighted by atomic mass is 19.3. The summed E-state index contributed by atoms with van der Waals surface area (Å²) in [5.41, 5.74) is 1.23. The highest BCUT2D eigenvalue weighted by Gasteiger charge is 2.17. The van der Waals surface area contributed by atoms with Gasteiger partial charge in [0, 0.05) is 12.4 Å². The molecule has 2 heterocycles. The van der Waals surface area contributed by atoms with Gasteiger partial charge in [0.25, 0.3) is 11.8 Å². The maximum atomic E-state index is 13.0. The van der Waals surface area contributed by atoms with Crippen LogP contribution in [0.3, 0.4) is 0 Å². The number of rotatable bonds is 6. The Balaban J connectivity index is 1.73. The van der Waals surface area contributed by atoms with Crippen molar-refractivity contribution in [3.8, 4) is 11.5 Å². The summed E-state index contributed by atoms with van der Waals surface area (Å²) in [5.74, 6) is -0.789. The largest absolute Gasteiger partial charge is 0.415 e. The molecule has 0 aliphatic carbocycles. The molecule has 0 saturated carbocycles. The molecule has 0 bridgehead atoms. The van der Waals surface area contributed by atoms with Crippen LogP contribution in [-0.4, -0.2) is 20.2 Å². The Labute approximate surface area is 141 Å². The van der Waals surface area contributed by atoms with Crippen molar-refractivity contribution in [2.75, 3.05) is 5.32 Å². The molecule has 3 aromatic rings. The van der Waals surface area contributed by atoms with E-state index >= 15 is 0 Å². The lowest BCUT2D eigenvalue weighted by Gasteiger charge is -2.17. The van der Waals surface area contributed by atoms with Crippen molar-refractivity contribution in [3.05, 3.63) is 53.9 Å². The van der Waals surface area contributed by atoms with Crippen LogP contribution in [-0.2, 0) is 0 Å². The van der Waals surface area contributed by atoms with Crippen LogP contribution in [0.15, 0.2) is 41.1 Å². The average molecular weight is 349 g/mol. The normalized spacial score (nSPS) is 12.4. The Hall–Kier alpha value is -2.97. The van der Waals surface area contributed by atoms with Gasteiger partial charge in [-0.05, 0) is 24.1 Å². The minimum absolute atomic E-state index is 0.0765. The van der Waals surface area contributed by atoms with E-state index in [0.717, 1.165) is 12.0 Å². The number of nitrogens with one attached hydrogen (secondary N) is 1. The molecule has 0 fully saturated rings. The fourth-order valence-corrected chi connectivity index (χ4v) is 2.22. The molecule has 1 unspecified atom stereocenters. The summed E-state index contributed by atoms with van der Waals surface area (Å²) in [6.07, 6.45) is 0.701. The number of aromatic nitrogens is 4. The lowest BCUT2D eigenvalue weighted by atomic mass is 10.0. The molecule has 6 nitrogen and oxygen atoms in total. The van der Waals surface area contributed by atoms with Crippen LogP contribution < -0.4 is 5.32 Å². The van der Waals surface area contributed by atoms with Crippen LogP contribution >= 0.6 is 0 Å². The Morgan fingerprint density at radius 1 is 1.08 bits per heavy atom. The molecular weight excluding hydrogens is 335 g/mol. The number of alkyl halides is 2. The van der Waals surface area contributed by atoms with Gasteiger partial charge in [-0.1, -0.05) is 19.1 Å². The van der Waals surface area contributed by atoms with E-state index in [1.807, 2.05) is 6.92 Å². The third-order valence-corrected chi connectivity index (χ3v) is 3.51. The maximum absolute atomic E-state index is 13.0. The fraction of sp³-hybridized carbons (Fsp3) is 0.250. The lowest BCUT2D eigenvalue weighted by molar-refractivity contribution is 0.116. The molecule has 25 heavy (non-hydrogen) atoms. The molecule has 9 heteroatoms. The first-order valence-corrected chi connectivity index (χ1v) is 7.52. The van der Waals surface area contributed by atoms with Crippen molar-refractivity contribution in [3.63, 3.8) is 0 Å². The highest BCUT2D eigenvalue weighted by Crippen LogP contribution is 2.24. The van der Waals surface area contributed by atoms with Gasteiger partial charge in [-0.3, -0.25) is 0 Å². The predicted molar refractivity (Wildman–Crippen MR) is 83.3 cm³/mol. The summed E-state index contributed by atoms with van der Waals surface area (Å²) in [6, 6.07) is 6.06. The molecule has 0 amide bonds. The van der Waals surface area contributed by atoms with Crippen LogP contribution in [0.2, 0.25) is 0 Å². The molecule has 0 radical (unpaired) electrons. The van der Waals surface area contributed by atoms with E-state index in [1.165, 1.54) is 24.5 Å². The maximum Gasteiger partial charge on any atom is 0.314 e. The molecule has 0 aliphatic rings. The highest BCUT2D eigenvalue weighted by molar-refractivity contribution is 5.50. The van der Waals surface area contributed by atoms with Crippen molar-refractivity contribution < 1.29 is 17.6 Å². The first-order chi connectivity index (χ1) is 12.1. The Kier molecular flexibility index (Phi) is 4.92. The van der Waals surface area contributed by atoms with E-state index < -0.39 is 12.3 Å². The Bertz CT molecular complexity index is 821. The van der Waals surface area contributed by atoms with Gasteiger partial charge in [-0.25, -0.2) is 14.4 Å². The molecule has 2 aromatic heterocycles. The number of nitrogens with zero attached hydrogens (tertiary/aromatic N) is 4. The van der Waals surface area contributed by atoms with Gasteiger partial charge in [0.2, 0.25) is 5.95 Å². The molecule has 0 spiro atoms. The molecule has 1 atom stereocenters. The molecule has 0 saturated heterocycles. The third kappa shape index (κ3) is 3.93. The zero-order valence-corrected chi connectivity index (χ0v) is 13.2. The zero-order valence-electron chi connectivity index (χ0n) is 13.2. The second kappa shape index (κ2) is 7.29. The molecule has 0 aliphatic heterocycles. The topological polar surface area (TPSA) is 76.7 Å². The lowest BCUT2D eigenvalue weighted by Crippen LogP contribution is -2.12. The van der Waals surface area contributed by atoms with E-state index in [-0.39, 0.29) is 17.7 Å². The summed E-state index contributed by atoms with van der Waals surface area (Å²) in [4.78, 5) is 8.26. The Morgan fingerprint density at radius 2 is 1.76 bits per heavy atom. The van der Waals surface area contributed by atoms with Gasteiger partial charge in [-0.2, -0.15) is 8.78 Å². The fourth-order valence-electron chi connectivity index (χ4n) is 2.22. The summed E-state index contributed by atoms with van der Waals surface area (Å²) in [5, 5.41) is 9.93. The van der Waals surface area contributed by atoms with Gasteiger partial charge in [0.1, 0.15) is 5.82 Å². The van der Waals surface area contributed by atoms with Crippen molar-refractivity contribution in [2.45, 2.75) is 25.8 Å². The molecule has 1 N–H and O–H groups in total. The van der Waals surface area contributed by atoms with Crippen molar-refractivity contribution in [1.82, 2.24) is 20.2 Å². The number of hydrogen-bond acceptors (Lipinski definition) is 6. The molecule has 130 valence electrons. The second-order valence-electron chi connectivity index (χ2n) is 5.20. The molecule has 1 aromatic carbocycles. The summed E-state index contributed by atoms with van der Waals surface area (Å²) >= 11 is 0. The predicted octanol–water partition coefficient (Wildman–Crippen LogP) is 4.17. The van der Waals surface area contributed by atoms with E-state index in [2.05, 4.69) is 25.5 Å². The minimum atomic E-state index is -2.83. The summed E-state index contributed by atoms with van der Waals surface area (Å²) in [6.45, 7) is 1.97. The molecular formula is C16H14F3N5O. The average Bonchev–Trinajstić information content (AvgIpc) is 3.11. The van der Waals surface area contributed by atoms with E-state index in [1.54, 1.807) is 12.1 Å². The monoisotopic (exact) mass is 349 g/mol. The van der Waals surface area contributed by atoms with E-state index in [9.17, 15) is 13.2 Å². The van der Waals surface area contributed by atoms with E-state index in [4.69, 9.17) is 4.42 Å². The van der Waals surface area contributed by atoms with Gasteiger partial charge in [-0.15, -0.1) is 10.2 Å². The van der Waals surface area contributed by atoms with Crippen LogP contribution in [0.1, 0.15) is 37.3 Å². The number of benzene rings is 1. The van der Waals surface area contributed by atoms with Crippen molar-refractivity contribution >= 4 is 5.95 Å². The third-order valence-electron chi connectivity index (χ3n) is 3.51. The van der Waals surface area contributed by atoms with Crippen LogP contribution in [0.5, 0.6) is 0 Å². The number of hydrogen-bond donors (Lipinski definition) is 1. The van der Waals surface area contributed by atoms with Crippen molar-refractivity contribution in [2.24, 2.45) is 0 Å². The van der Waals surface area contributed by atoms with Crippen LogP contribution in [0.25, 0.3) is 11.5 Å². The van der Waals surface area contributed by atoms with Gasteiger partial charge in [0.15, 0.2) is 0 Å². The first kappa shape index (κ1) is 16.9. The second-order valence-corrected chi connectivity index (χ2v) is 5.20. The van der Waals surface area contributed by atoms with Gasteiger partial charge < -0.3 is 9.73 Å². The quantitative estimate of drug-likeness (QED) is 0.720. The van der Waals surface area contributed by atoms with Crippen LogP contribution in [0.4, 0.5) is 19.1 Å². The van der Waals surface area contributed by atoms with Crippen molar-refractivity contribution in [1.29, 1.82) is 0 Å². The molecule has 3 rings (SSSR count). The standard InChI is InChI=1S/C16H14F3N5O/c1-2-12(9-3-5-11(17)6-4-9)22-16-20-7-10(8-21-16)14-23-24-15(25-14)13(18)19/h3-8,12-13H,2H2,1H3,(H,20,21,22). The number of anilines is 1. The minimum Gasteiger partial charge on any atom is -0.415 e. The first-order valence-electron chi connectivity index (χ1n) is 7.52. The Morgan fingerprint density at radius 3 is 2.32 bits per heavy atom. The SMILES string of the molecule is CCC(Nc1ncc(-c2nnc(C(F)F)o2)cn1)c1ccc(F)cc1. The van der Waals surface area contributed by atoms with Gasteiger partial charge in [0.05, 0.1) is 11.6 Å². The van der Waals surface area contributed by atoms with Gasteiger partial charge >= 0.3 is 6.43 Å².